The van der Waals surface area contributed by atoms with Gasteiger partial charge in [-0.25, -0.2) is 0 Å². The van der Waals surface area contributed by atoms with Crippen molar-refractivity contribution in [2.45, 2.75) is 50.8 Å². The number of ether oxygens (including phenoxy) is 1. The Balaban J connectivity index is 1.35. The third-order valence-electron chi connectivity index (χ3n) is 6.32. The summed E-state index contributed by atoms with van der Waals surface area (Å²) in [7, 11) is 2.27. The van der Waals surface area contributed by atoms with Crippen molar-refractivity contribution < 1.29 is 9.53 Å². The first-order valence-electron chi connectivity index (χ1n) is 10.6. The summed E-state index contributed by atoms with van der Waals surface area (Å²) in [5.41, 5.74) is 6.35. The molecule has 0 radical (unpaired) electrons. The van der Waals surface area contributed by atoms with E-state index >= 15 is 0 Å². The molecule has 1 amide bonds. The Morgan fingerprint density at radius 2 is 1.96 bits per heavy atom. The zero-order chi connectivity index (χ0) is 19.5. The Labute approximate surface area is 167 Å². The molecular weight excluding hydrogens is 352 g/mol. The molecule has 2 aliphatic rings. The van der Waals surface area contributed by atoms with Crippen LogP contribution in [0.3, 0.4) is 0 Å². The Hall–Kier alpha value is -2.05. The smallest absolute Gasteiger partial charge is 0.237 e. The number of benzene rings is 1. The number of likely N-dealkylation sites (tertiary alicyclic amines) is 2. The zero-order valence-electron chi connectivity index (χ0n) is 16.8. The van der Waals surface area contributed by atoms with E-state index in [2.05, 4.69) is 16.8 Å². The summed E-state index contributed by atoms with van der Waals surface area (Å²) < 4.78 is 8.26. The molecule has 0 spiro atoms. The summed E-state index contributed by atoms with van der Waals surface area (Å²) in [6.45, 7) is 4.83. The molecule has 2 N–H and O–H groups in total. The Morgan fingerprint density at radius 3 is 2.71 bits per heavy atom. The quantitative estimate of drug-likeness (QED) is 0.831. The second-order valence-corrected chi connectivity index (χ2v) is 8.35. The van der Waals surface area contributed by atoms with E-state index in [0.717, 1.165) is 42.6 Å². The van der Waals surface area contributed by atoms with Crippen LogP contribution in [0.15, 0.2) is 30.5 Å². The molecule has 2 fully saturated rings. The maximum absolute atomic E-state index is 11.3. The number of hydrogen-bond donors (Lipinski definition) is 1. The van der Waals surface area contributed by atoms with Crippen LogP contribution in [0, 0.1) is 0 Å². The molecule has 1 aromatic carbocycles. The lowest BCUT2D eigenvalue weighted by molar-refractivity contribution is -0.118. The van der Waals surface area contributed by atoms with Gasteiger partial charge < -0.3 is 24.8 Å². The van der Waals surface area contributed by atoms with Crippen molar-refractivity contribution in [3.8, 4) is 5.75 Å². The van der Waals surface area contributed by atoms with Crippen LogP contribution < -0.4 is 10.5 Å². The number of likely N-dealkylation sites (N-methyl/N-ethyl adjacent to an activating group) is 1. The summed E-state index contributed by atoms with van der Waals surface area (Å²) in [5.74, 6) is 0.575. The normalized spacial score (nSPS) is 22.5. The predicted octanol–water partition coefficient (Wildman–Crippen LogP) is 2.45. The molecule has 0 saturated carbocycles. The molecule has 6 nitrogen and oxygen atoms in total. The Bertz CT molecular complexity index is 810. The van der Waals surface area contributed by atoms with E-state index in [1.807, 2.05) is 35.0 Å². The number of rotatable bonds is 6. The SMILES string of the molecule is CN1CCCCC1CN1CCC(Oc2cccc3c2ccn3CC(N)=O)CC1. The molecule has 0 bridgehead atoms. The van der Waals surface area contributed by atoms with Gasteiger partial charge in [-0.1, -0.05) is 12.5 Å². The highest BCUT2D eigenvalue weighted by atomic mass is 16.5. The van der Waals surface area contributed by atoms with E-state index in [1.165, 1.54) is 32.4 Å². The number of carbonyl (C=O) groups excluding carboxylic acids is 1. The van der Waals surface area contributed by atoms with Gasteiger partial charge in [0.25, 0.3) is 0 Å². The average molecular weight is 385 g/mol. The number of nitrogens with zero attached hydrogens (tertiary/aromatic N) is 3. The van der Waals surface area contributed by atoms with E-state index in [9.17, 15) is 4.79 Å². The van der Waals surface area contributed by atoms with Crippen LogP contribution in [0.5, 0.6) is 5.75 Å². The average Bonchev–Trinajstić information content (AvgIpc) is 3.08. The molecule has 2 aliphatic heterocycles. The molecule has 0 aliphatic carbocycles. The first-order valence-corrected chi connectivity index (χ1v) is 10.6. The third-order valence-corrected chi connectivity index (χ3v) is 6.32. The van der Waals surface area contributed by atoms with E-state index in [-0.39, 0.29) is 18.6 Å². The predicted molar refractivity (Wildman–Crippen MR) is 111 cm³/mol. The number of carbonyl (C=O) groups is 1. The van der Waals surface area contributed by atoms with Crippen molar-refractivity contribution in [2.75, 3.05) is 33.2 Å². The number of piperidine rings is 2. The number of amides is 1. The fourth-order valence-corrected chi connectivity index (χ4v) is 4.67. The Kier molecular flexibility index (Phi) is 5.87. The van der Waals surface area contributed by atoms with Crippen molar-refractivity contribution in [3.05, 3.63) is 30.5 Å². The number of aromatic nitrogens is 1. The second-order valence-electron chi connectivity index (χ2n) is 8.35. The molecule has 28 heavy (non-hydrogen) atoms. The molecule has 4 rings (SSSR count). The van der Waals surface area contributed by atoms with Crippen molar-refractivity contribution in [2.24, 2.45) is 5.73 Å². The third kappa shape index (κ3) is 4.33. The van der Waals surface area contributed by atoms with Crippen LogP contribution in [-0.2, 0) is 11.3 Å². The van der Waals surface area contributed by atoms with Gasteiger partial charge in [-0.05, 0) is 57.5 Å². The molecule has 6 heteroatoms. The van der Waals surface area contributed by atoms with Gasteiger partial charge in [0.2, 0.25) is 5.91 Å². The zero-order valence-corrected chi connectivity index (χ0v) is 16.8. The summed E-state index contributed by atoms with van der Waals surface area (Å²) >= 11 is 0. The van der Waals surface area contributed by atoms with Gasteiger partial charge in [0.1, 0.15) is 18.4 Å². The minimum absolute atomic E-state index is 0.195. The monoisotopic (exact) mass is 384 g/mol. The summed E-state index contributed by atoms with van der Waals surface area (Å²) in [5, 5.41) is 1.05. The maximum Gasteiger partial charge on any atom is 0.237 e. The molecule has 3 heterocycles. The van der Waals surface area contributed by atoms with Gasteiger partial charge in [0, 0.05) is 37.3 Å². The maximum atomic E-state index is 11.3. The fraction of sp³-hybridized carbons (Fsp3) is 0.591. The van der Waals surface area contributed by atoms with Crippen LogP contribution in [0.4, 0.5) is 0 Å². The van der Waals surface area contributed by atoms with Gasteiger partial charge in [-0.3, -0.25) is 4.79 Å². The fourth-order valence-electron chi connectivity index (χ4n) is 4.67. The van der Waals surface area contributed by atoms with E-state index < -0.39 is 0 Å². The Morgan fingerprint density at radius 1 is 1.14 bits per heavy atom. The van der Waals surface area contributed by atoms with Gasteiger partial charge in [0.05, 0.1) is 5.52 Å². The molecule has 2 saturated heterocycles. The van der Waals surface area contributed by atoms with Crippen LogP contribution in [0.1, 0.15) is 32.1 Å². The second kappa shape index (κ2) is 8.53. The highest BCUT2D eigenvalue weighted by Gasteiger charge is 2.26. The van der Waals surface area contributed by atoms with Crippen molar-refractivity contribution in [1.29, 1.82) is 0 Å². The van der Waals surface area contributed by atoms with Crippen molar-refractivity contribution in [3.63, 3.8) is 0 Å². The van der Waals surface area contributed by atoms with Crippen LogP contribution in [-0.4, -0.2) is 65.6 Å². The highest BCUT2D eigenvalue weighted by Crippen LogP contribution is 2.29. The van der Waals surface area contributed by atoms with Crippen molar-refractivity contribution >= 4 is 16.8 Å². The number of fused-ring (bicyclic) bond motifs is 1. The molecule has 1 unspecified atom stereocenters. The lowest BCUT2D eigenvalue weighted by atomic mass is 10.0. The van der Waals surface area contributed by atoms with Gasteiger partial charge >= 0.3 is 0 Å². The lowest BCUT2D eigenvalue weighted by Crippen LogP contribution is -2.48. The lowest BCUT2D eigenvalue weighted by Gasteiger charge is -2.39. The standard InChI is InChI=1S/C22H32N4O2/c1-24-11-3-2-5-17(24)15-25-12-8-18(9-13-25)28-21-7-4-6-20-19(21)10-14-26(20)16-22(23)27/h4,6-7,10,14,17-18H,2-3,5,8-9,11-13,15-16H2,1H3,(H2,23,27). The molecule has 1 atom stereocenters. The molecular formula is C22H32N4O2. The van der Waals surface area contributed by atoms with E-state index in [1.54, 1.807) is 0 Å². The van der Waals surface area contributed by atoms with Gasteiger partial charge in [-0.2, -0.15) is 0 Å². The first kappa shape index (κ1) is 19.3. The van der Waals surface area contributed by atoms with Crippen LogP contribution >= 0.6 is 0 Å². The molecule has 1 aromatic heterocycles. The molecule has 2 aromatic rings. The molecule has 152 valence electrons. The van der Waals surface area contributed by atoms with Gasteiger partial charge in [0.15, 0.2) is 0 Å². The minimum atomic E-state index is -0.334. The summed E-state index contributed by atoms with van der Waals surface area (Å²) in [4.78, 5) is 16.4. The largest absolute Gasteiger partial charge is 0.490 e. The van der Waals surface area contributed by atoms with Crippen LogP contribution in [0.2, 0.25) is 0 Å². The highest BCUT2D eigenvalue weighted by molar-refractivity contribution is 5.87. The number of primary amides is 1. The minimum Gasteiger partial charge on any atom is -0.490 e. The summed E-state index contributed by atoms with van der Waals surface area (Å²) in [6.07, 6.45) is 8.33. The van der Waals surface area contributed by atoms with Crippen LogP contribution in [0.25, 0.3) is 10.9 Å². The first-order chi connectivity index (χ1) is 13.6. The number of nitrogens with two attached hydrogens (primary N) is 1. The van der Waals surface area contributed by atoms with Crippen molar-refractivity contribution in [1.82, 2.24) is 14.4 Å². The topological polar surface area (TPSA) is 63.7 Å². The number of hydrogen-bond acceptors (Lipinski definition) is 4. The van der Waals surface area contributed by atoms with Gasteiger partial charge in [-0.15, -0.1) is 0 Å². The van der Waals surface area contributed by atoms with E-state index in [0.29, 0.717) is 6.04 Å². The summed E-state index contributed by atoms with van der Waals surface area (Å²) in [6, 6.07) is 8.75. The van der Waals surface area contributed by atoms with E-state index in [4.69, 9.17) is 10.5 Å².